The van der Waals surface area contributed by atoms with E-state index in [1.807, 2.05) is 0 Å². The number of nitrogens with one attached hydrogen (secondary N) is 2. The van der Waals surface area contributed by atoms with Gasteiger partial charge in [-0.05, 0) is 6.07 Å². The van der Waals surface area contributed by atoms with Gasteiger partial charge in [-0.15, -0.1) is 0 Å². The van der Waals surface area contributed by atoms with E-state index >= 15 is 0 Å². The maximum atomic E-state index is 6.33. The predicted octanol–water partition coefficient (Wildman–Crippen LogP) is 3.05. The maximum Gasteiger partial charge on any atom is 0.159 e. The second-order valence-corrected chi connectivity index (χ2v) is 5.53. The maximum absolute atomic E-state index is 6.33. The van der Waals surface area contributed by atoms with Gasteiger partial charge in [-0.3, -0.25) is 5.10 Å². The second kappa shape index (κ2) is 5.75. The third-order valence-electron chi connectivity index (χ3n) is 3.60. The van der Waals surface area contributed by atoms with Gasteiger partial charge >= 0.3 is 0 Å². The molecule has 1 aliphatic heterocycles. The molecule has 5 nitrogen and oxygen atoms in total. The van der Waals surface area contributed by atoms with Crippen molar-refractivity contribution in [3.63, 3.8) is 0 Å². The highest BCUT2D eigenvalue weighted by molar-refractivity contribution is 6.38. The van der Waals surface area contributed by atoms with E-state index in [-0.39, 0.29) is 0 Å². The number of ether oxygens (including phenoxy) is 2. The SMILES string of the molecule is COc1c(Cl)cc(-c2n[nH]c3c2CNCC3)c(OC)c1Cl. The Morgan fingerprint density at radius 3 is 2.67 bits per heavy atom. The lowest BCUT2D eigenvalue weighted by Crippen LogP contribution is -2.23. The first-order valence-corrected chi connectivity index (χ1v) is 7.30. The van der Waals surface area contributed by atoms with Crippen LogP contribution in [0, 0.1) is 0 Å². The average Bonchev–Trinajstić information content (AvgIpc) is 2.91. The normalized spacial score (nSPS) is 13.9. The smallest absolute Gasteiger partial charge is 0.159 e. The van der Waals surface area contributed by atoms with E-state index in [0.717, 1.165) is 42.0 Å². The van der Waals surface area contributed by atoms with Crippen molar-refractivity contribution < 1.29 is 9.47 Å². The molecular formula is C14H15Cl2N3O2. The predicted molar refractivity (Wildman–Crippen MR) is 82.6 cm³/mol. The van der Waals surface area contributed by atoms with Crippen LogP contribution in [0.25, 0.3) is 11.3 Å². The van der Waals surface area contributed by atoms with Crippen LogP contribution in [0.4, 0.5) is 0 Å². The Labute approximate surface area is 132 Å². The van der Waals surface area contributed by atoms with Crippen LogP contribution in [0.15, 0.2) is 6.07 Å². The van der Waals surface area contributed by atoms with Crippen LogP contribution >= 0.6 is 23.2 Å². The quantitative estimate of drug-likeness (QED) is 0.909. The lowest BCUT2D eigenvalue weighted by molar-refractivity contribution is 0.396. The Bertz CT molecular complexity index is 685. The van der Waals surface area contributed by atoms with Crippen molar-refractivity contribution in [1.82, 2.24) is 15.5 Å². The van der Waals surface area contributed by atoms with Gasteiger partial charge in [0, 0.05) is 36.3 Å². The Balaban J connectivity index is 2.21. The first-order valence-electron chi connectivity index (χ1n) is 6.54. The van der Waals surface area contributed by atoms with Crippen LogP contribution in [0.1, 0.15) is 11.3 Å². The van der Waals surface area contributed by atoms with Crippen LogP contribution in [0.5, 0.6) is 11.5 Å². The first-order chi connectivity index (χ1) is 10.2. The molecule has 0 spiro atoms. The molecule has 0 atom stereocenters. The van der Waals surface area contributed by atoms with Gasteiger partial charge in [0.25, 0.3) is 0 Å². The summed E-state index contributed by atoms with van der Waals surface area (Å²) in [6.07, 6.45) is 0.919. The Hall–Kier alpha value is -1.43. The van der Waals surface area contributed by atoms with Crippen molar-refractivity contribution >= 4 is 23.2 Å². The molecule has 0 amide bonds. The van der Waals surface area contributed by atoms with Gasteiger partial charge in [-0.1, -0.05) is 23.2 Å². The minimum Gasteiger partial charge on any atom is -0.494 e. The molecule has 3 rings (SSSR count). The number of hydrogen-bond donors (Lipinski definition) is 2. The van der Waals surface area contributed by atoms with Crippen LogP contribution in [0.3, 0.4) is 0 Å². The number of fused-ring (bicyclic) bond motifs is 1. The lowest BCUT2D eigenvalue weighted by atomic mass is 10.0. The number of benzene rings is 1. The molecule has 0 unspecified atom stereocenters. The molecule has 0 radical (unpaired) electrons. The highest BCUT2D eigenvalue weighted by atomic mass is 35.5. The number of methoxy groups -OCH3 is 2. The molecule has 2 heterocycles. The summed E-state index contributed by atoms with van der Waals surface area (Å²) in [5.74, 6) is 0.916. The molecular weight excluding hydrogens is 313 g/mol. The fourth-order valence-corrected chi connectivity index (χ4v) is 3.28. The fourth-order valence-electron chi connectivity index (χ4n) is 2.59. The second-order valence-electron chi connectivity index (χ2n) is 4.74. The number of aromatic amines is 1. The zero-order valence-electron chi connectivity index (χ0n) is 11.7. The average molecular weight is 328 g/mol. The van der Waals surface area contributed by atoms with Gasteiger partial charge in [0.1, 0.15) is 10.7 Å². The Morgan fingerprint density at radius 1 is 1.19 bits per heavy atom. The van der Waals surface area contributed by atoms with E-state index in [1.54, 1.807) is 13.2 Å². The zero-order chi connectivity index (χ0) is 15.0. The minimum atomic E-state index is 0.350. The van der Waals surface area contributed by atoms with E-state index in [4.69, 9.17) is 32.7 Å². The fraction of sp³-hybridized carbons (Fsp3) is 0.357. The largest absolute Gasteiger partial charge is 0.494 e. The molecule has 0 aliphatic carbocycles. The summed E-state index contributed by atoms with van der Waals surface area (Å²) in [4.78, 5) is 0. The van der Waals surface area contributed by atoms with E-state index in [2.05, 4.69) is 15.5 Å². The number of H-pyrrole nitrogens is 1. The topological polar surface area (TPSA) is 59.2 Å². The monoisotopic (exact) mass is 327 g/mol. The van der Waals surface area contributed by atoms with Gasteiger partial charge in [-0.25, -0.2) is 0 Å². The number of nitrogens with zero attached hydrogens (tertiary/aromatic N) is 1. The van der Waals surface area contributed by atoms with Gasteiger partial charge in [0.05, 0.1) is 19.2 Å². The van der Waals surface area contributed by atoms with E-state index in [0.29, 0.717) is 21.5 Å². The van der Waals surface area contributed by atoms with Crippen molar-refractivity contribution in [1.29, 1.82) is 0 Å². The molecule has 21 heavy (non-hydrogen) atoms. The van der Waals surface area contributed by atoms with Gasteiger partial charge in [0.2, 0.25) is 0 Å². The van der Waals surface area contributed by atoms with Crippen molar-refractivity contribution in [2.45, 2.75) is 13.0 Å². The van der Waals surface area contributed by atoms with Gasteiger partial charge in [-0.2, -0.15) is 5.10 Å². The standard InChI is InChI=1S/C14H15Cl2N3O2/c1-20-13-7(5-9(15)14(21-2)11(13)16)12-8-6-17-4-3-10(8)18-19-12/h5,17H,3-4,6H2,1-2H3,(H,18,19). The van der Waals surface area contributed by atoms with Crippen LogP contribution in [-0.2, 0) is 13.0 Å². The number of halogens is 2. The third-order valence-corrected chi connectivity index (χ3v) is 4.23. The molecule has 2 N–H and O–H groups in total. The molecule has 0 fully saturated rings. The molecule has 1 aromatic carbocycles. The van der Waals surface area contributed by atoms with Crippen molar-refractivity contribution in [2.24, 2.45) is 0 Å². The molecule has 7 heteroatoms. The zero-order valence-corrected chi connectivity index (χ0v) is 13.2. The molecule has 112 valence electrons. The van der Waals surface area contributed by atoms with Crippen molar-refractivity contribution in [3.8, 4) is 22.8 Å². The highest BCUT2D eigenvalue weighted by Crippen LogP contribution is 2.46. The van der Waals surface area contributed by atoms with E-state index in [1.165, 1.54) is 7.11 Å². The molecule has 0 saturated heterocycles. The van der Waals surface area contributed by atoms with E-state index in [9.17, 15) is 0 Å². The Kier molecular flexibility index (Phi) is 3.97. The summed E-state index contributed by atoms with van der Waals surface area (Å²) in [6, 6.07) is 1.77. The Morgan fingerprint density at radius 2 is 1.95 bits per heavy atom. The van der Waals surface area contributed by atoms with Crippen LogP contribution in [-0.4, -0.2) is 31.0 Å². The summed E-state index contributed by atoms with van der Waals surface area (Å²) in [7, 11) is 3.09. The molecule has 2 aromatic rings. The highest BCUT2D eigenvalue weighted by Gasteiger charge is 2.24. The van der Waals surface area contributed by atoms with Crippen molar-refractivity contribution in [3.05, 3.63) is 27.4 Å². The molecule has 1 aliphatic rings. The molecule has 0 bridgehead atoms. The lowest BCUT2D eigenvalue weighted by Gasteiger charge is -2.16. The summed E-state index contributed by atoms with van der Waals surface area (Å²) in [5.41, 5.74) is 3.82. The van der Waals surface area contributed by atoms with Crippen LogP contribution < -0.4 is 14.8 Å². The van der Waals surface area contributed by atoms with E-state index < -0.39 is 0 Å². The number of rotatable bonds is 3. The van der Waals surface area contributed by atoms with Gasteiger partial charge in [0.15, 0.2) is 11.5 Å². The summed E-state index contributed by atoms with van der Waals surface area (Å²) < 4.78 is 10.7. The molecule has 0 saturated carbocycles. The van der Waals surface area contributed by atoms with Crippen molar-refractivity contribution in [2.75, 3.05) is 20.8 Å². The summed E-state index contributed by atoms with van der Waals surface area (Å²) in [5, 5.41) is 11.6. The first kappa shape index (κ1) is 14.5. The van der Waals surface area contributed by atoms with Crippen LogP contribution in [0.2, 0.25) is 10.0 Å². The van der Waals surface area contributed by atoms with Gasteiger partial charge < -0.3 is 14.8 Å². The number of aromatic nitrogens is 2. The minimum absolute atomic E-state index is 0.350. The summed E-state index contributed by atoms with van der Waals surface area (Å²) >= 11 is 12.6. The third kappa shape index (κ3) is 2.35. The number of hydrogen-bond acceptors (Lipinski definition) is 4. The summed E-state index contributed by atoms with van der Waals surface area (Å²) in [6.45, 7) is 1.70. The molecule has 1 aromatic heterocycles.